The molecular weight excluding hydrogens is 276 g/mol. The van der Waals surface area contributed by atoms with Crippen molar-refractivity contribution in [1.82, 2.24) is 5.32 Å². The largest absolute Gasteiger partial charge is 0.491 e. The number of nitrogens with one attached hydrogen (secondary N) is 1. The molecule has 1 amide bonds. The molecule has 2 aromatic carbocycles. The van der Waals surface area contributed by atoms with Crippen LogP contribution in [0.2, 0.25) is 5.02 Å². The highest BCUT2D eigenvalue weighted by Gasteiger charge is 2.26. The Kier molecular flexibility index (Phi) is 3.24. The second-order valence-electron chi connectivity index (χ2n) is 4.58. The second kappa shape index (κ2) is 5.06. The zero-order chi connectivity index (χ0) is 14.1. The molecule has 0 saturated carbocycles. The zero-order valence-electron chi connectivity index (χ0n) is 10.6. The number of amides is 1. The van der Waals surface area contributed by atoms with Crippen LogP contribution in [0.3, 0.4) is 0 Å². The minimum atomic E-state index is -0.254. The van der Waals surface area contributed by atoms with Gasteiger partial charge in [-0.25, -0.2) is 0 Å². The van der Waals surface area contributed by atoms with Crippen LogP contribution in [0.5, 0.6) is 5.75 Å². The number of hydrogen-bond acceptors (Lipinski definition) is 3. The molecule has 1 atom stereocenters. The molecule has 102 valence electrons. The smallest absolute Gasteiger partial charge is 0.254 e. The summed E-state index contributed by atoms with van der Waals surface area (Å²) < 4.78 is 5.53. The van der Waals surface area contributed by atoms with Gasteiger partial charge in [-0.2, -0.15) is 0 Å². The first-order valence-corrected chi connectivity index (χ1v) is 6.61. The number of fused-ring (bicyclic) bond motifs is 1. The molecule has 3 rings (SSSR count). The molecule has 1 aliphatic rings. The summed E-state index contributed by atoms with van der Waals surface area (Å²) in [5, 5.41) is 3.29. The van der Waals surface area contributed by atoms with Gasteiger partial charge in [0.15, 0.2) is 0 Å². The van der Waals surface area contributed by atoms with Gasteiger partial charge in [-0.3, -0.25) is 4.79 Å². The molecule has 0 radical (unpaired) electrons. The summed E-state index contributed by atoms with van der Waals surface area (Å²) in [6.07, 6.45) is 0. The Morgan fingerprint density at radius 2 is 2.05 bits per heavy atom. The maximum Gasteiger partial charge on any atom is 0.254 e. The summed E-state index contributed by atoms with van der Waals surface area (Å²) in [5.74, 6) is 0.548. The van der Waals surface area contributed by atoms with Crippen molar-refractivity contribution in [2.75, 3.05) is 12.3 Å². The maximum atomic E-state index is 12.3. The number of nitrogen functional groups attached to an aromatic ring is 1. The van der Waals surface area contributed by atoms with Gasteiger partial charge >= 0.3 is 0 Å². The first-order chi connectivity index (χ1) is 9.66. The van der Waals surface area contributed by atoms with Gasteiger partial charge in [-0.15, -0.1) is 0 Å². The third-order valence-electron chi connectivity index (χ3n) is 3.30. The van der Waals surface area contributed by atoms with Crippen molar-refractivity contribution in [2.45, 2.75) is 6.04 Å². The summed E-state index contributed by atoms with van der Waals surface area (Å²) in [6.45, 7) is 0.422. The number of nitrogens with two attached hydrogens (primary N) is 1. The van der Waals surface area contributed by atoms with E-state index in [4.69, 9.17) is 22.1 Å². The molecule has 20 heavy (non-hydrogen) atoms. The minimum Gasteiger partial charge on any atom is -0.491 e. The normalized spacial score (nSPS) is 16.4. The van der Waals surface area contributed by atoms with E-state index in [0.29, 0.717) is 22.9 Å². The van der Waals surface area contributed by atoms with Gasteiger partial charge in [-0.1, -0.05) is 35.9 Å². The second-order valence-corrected chi connectivity index (χ2v) is 4.98. The van der Waals surface area contributed by atoms with E-state index in [1.54, 1.807) is 18.2 Å². The van der Waals surface area contributed by atoms with Crippen LogP contribution in [0.15, 0.2) is 42.5 Å². The highest BCUT2D eigenvalue weighted by molar-refractivity contribution is 6.33. The van der Waals surface area contributed by atoms with Gasteiger partial charge in [0.2, 0.25) is 0 Å². The topological polar surface area (TPSA) is 64.4 Å². The Morgan fingerprint density at radius 1 is 1.25 bits per heavy atom. The Hall–Kier alpha value is -2.20. The summed E-state index contributed by atoms with van der Waals surface area (Å²) in [7, 11) is 0. The lowest BCUT2D eigenvalue weighted by molar-refractivity contribution is 0.0931. The SMILES string of the molecule is Nc1c(Cl)cccc1C(=O)NC1COc2ccccc21. The molecule has 0 bridgehead atoms. The van der Waals surface area contributed by atoms with E-state index in [0.717, 1.165) is 11.3 Å². The van der Waals surface area contributed by atoms with Gasteiger partial charge < -0.3 is 15.8 Å². The summed E-state index contributed by atoms with van der Waals surface area (Å²) in [4.78, 5) is 12.3. The molecule has 5 heteroatoms. The number of ether oxygens (including phenoxy) is 1. The first-order valence-electron chi connectivity index (χ1n) is 6.23. The third kappa shape index (κ3) is 2.18. The van der Waals surface area contributed by atoms with Gasteiger partial charge in [-0.05, 0) is 18.2 Å². The van der Waals surface area contributed by atoms with E-state index in [1.807, 2.05) is 24.3 Å². The van der Waals surface area contributed by atoms with Crippen LogP contribution in [-0.4, -0.2) is 12.5 Å². The van der Waals surface area contributed by atoms with Crippen LogP contribution in [0.4, 0.5) is 5.69 Å². The number of carbonyl (C=O) groups is 1. The van der Waals surface area contributed by atoms with E-state index in [-0.39, 0.29) is 11.9 Å². The van der Waals surface area contributed by atoms with Crippen molar-refractivity contribution in [3.63, 3.8) is 0 Å². The molecule has 0 saturated heterocycles. The van der Waals surface area contributed by atoms with Crippen LogP contribution in [-0.2, 0) is 0 Å². The Bertz CT molecular complexity index is 673. The van der Waals surface area contributed by atoms with Crippen molar-refractivity contribution >= 4 is 23.2 Å². The highest BCUT2D eigenvalue weighted by atomic mass is 35.5. The quantitative estimate of drug-likeness (QED) is 0.835. The molecule has 2 aromatic rings. The predicted molar refractivity (Wildman–Crippen MR) is 78.0 cm³/mol. The highest BCUT2D eigenvalue weighted by Crippen LogP contribution is 2.32. The fourth-order valence-electron chi connectivity index (χ4n) is 2.25. The number of hydrogen-bond donors (Lipinski definition) is 2. The standard InChI is InChI=1S/C15H13ClN2O2/c16-11-6-3-5-10(14(11)17)15(19)18-12-8-20-13-7-2-1-4-9(12)13/h1-7,12H,8,17H2,(H,18,19). The fraction of sp³-hybridized carbons (Fsp3) is 0.133. The van der Waals surface area contributed by atoms with Crippen LogP contribution < -0.4 is 15.8 Å². The van der Waals surface area contributed by atoms with Gasteiger partial charge in [0.1, 0.15) is 12.4 Å². The van der Waals surface area contributed by atoms with Crippen molar-refractivity contribution in [1.29, 1.82) is 0 Å². The first kappa shape index (κ1) is 12.8. The number of anilines is 1. The monoisotopic (exact) mass is 288 g/mol. The van der Waals surface area contributed by atoms with E-state index in [2.05, 4.69) is 5.32 Å². The van der Waals surface area contributed by atoms with Crippen LogP contribution >= 0.6 is 11.6 Å². The molecule has 0 spiro atoms. The molecular formula is C15H13ClN2O2. The van der Waals surface area contributed by atoms with Gasteiger partial charge in [0, 0.05) is 5.56 Å². The molecule has 1 aliphatic heterocycles. The van der Waals surface area contributed by atoms with Gasteiger partial charge in [0.25, 0.3) is 5.91 Å². The lowest BCUT2D eigenvalue weighted by Gasteiger charge is -2.13. The van der Waals surface area contributed by atoms with Crippen molar-refractivity contribution < 1.29 is 9.53 Å². The summed E-state index contributed by atoms with van der Waals surface area (Å²) in [6, 6.07) is 12.5. The molecule has 1 unspecified atom stereocenters. The van der Waals surface area contributed by atoms with Crippen LogP contribution in [0.25, 0.3) is 0 Å². The zero-order valence-corrected chi connectivity index (χ0v) is 11.4. The predicted octanol–water partition coefficient (Wildman–Crippen LogP) is 2.79. The van der Waals surface area contributed by atoms with Crippen LogP contribution in [0, 0.1) is 0 Å². The Morgan fingerprint density at radius 3 is 2.90 bits per heavy atom. The number of rotatable bonds is 2. The Labute approximate surface area is 121 Å². The molecule has 0 fully saturated rings. The summed E-state index contributed by atoms with van der Waals surface area (Å²) >= 11 is 5.93. The van der Waals surface area contributed by atoms with E-state index in [1.165, 1.54) is 0 Å². The number of para-hydroxylation sites is 2. The van der Waals surface area contributed by atoms with Gasteiger partial charge in [0.05, 0.1) is 22.3 Å². The molecule has 3 N–H and O–H groups in total. The number of benzene rings is 2. The third-order valence-corrected chi connectivity index (χ3v) is 3.63. The molecule has 4 nitrogen and oxygen atoms in total. The van der Waals surface area contributed by atoms with Crippen molar-refractivity contribution in [3.05, 3.63) is 58.6 Å². The maximum absolute atomic E-state index is 12.3. The number of halogens is 1. The molecule has 0 aliphatic carbocycles. The van der Waals surface area contributed by atoms with E-state index < -0.39 is 0 Å². The van der Waals surface area contributed by atoms with Crippen molar-refractivity contribution in [3.8, 4) is 5.75 Å². The minimum absolute atomic E-state index is 0.169. The molecule has 1 heterocycles. The van der Waals surface area contributed by atoms with E-state index in [9.17, 15) is 4.79 Å². The summed E-state index contributed by atoms with van der Waals surface area (Å²) in [5.41, 5.74) is 7.47. The number of carbonyl (C=O) groups excluding carboxylic acids is 1. The van der Waals surface area contributed by atoms with E-state index >= 15 is 0 Å². The average Bonchev–Trinajstić information content (AvgIpc) is 2.85. The lowest BCUT2D eigenvalue weighted by Crippen LogP contribution is -2.30. The Balaban J connectivity index is 1.83. The van der Waals surface area contributed by atoms with Crippen molar-refractivity contribution in [2.24, 2.45) is 0 Å². The fourth-order valence-corrected chi connectivity index (χ4v) is 2.43. The van der Waals surface area contributed by atoms with Crippen LogP contribution in [0.1, 0.15) is 22.0 Å². The average molecular weight is 289 g/mol. The molecule has 0 aromatic heterocycles. The lowest BCUT2D eigenvalue weighted by atomic mass is 10.1.